The quantitative estimate of drug-likeness (QED) is 0.431. The maximum absolute atomic E-state index is 12.3. The molecular formula is C12H14F3IN6O. The topological polar surface area (TPSA) is 90.4 Å². The van der Waals surface area contributed by atoms with E-state index in [0.29, 0.717) is 5.69 Å². The largest absolute Gasteiger partial charge is 0.573 e. The van der Waals surface area contributed by atoms with Crippen LogP contribution in [-0.4, -0.2) is 27.3 Å². The lowest BCUT2D eigenvalue weighted by Gasteiger charge is -2.14. The normalized spacial score (nSPS) is 11.7. The molecule has 1 heterocycles. The van der Waals surface area contributed by atoms with Gasteiger partial charge in [0.05, 0.1) is 24.1 Å². The van der Waals surface area contributed by atoms with Gasteiger partial charge in [-0.05, 0) is 12.1 Å². The molecule has 0 unspecified atom stereocenters. The first-order valence-corrected chi connectivity index (χ1v) is 6.10. The maximum Gasteiger partial charge on any atom is 0.573 e. The number of benzene rings is 1. The van der Waals surface area contributed by atoms with Gasteiger partial charge >= 0.3 is 6.36 Å². The van der Waals surface area contributed by atoms with Crippen molar-refractivity contribution in [3.63, 3.8) is 0 Å². The number of guanidine groups is 1. The number of ether oxygens (including phenoxy) is 1. The molecule has 1 aromatic carbocycles. The zero-order valence-electron chi connectivity index (χ0n) is 11.9. The van der Waals surface area contributed by atoms with Crippen LogP contribution in [0.1, 0.15) is 5.69 Å². The van der Waals surface area contributed by atoms with E-state index in [4.69, 9.17) is 5.73 Å². The molecule has 2 rings (SSSR count). The van der Waals surface area contributed by atoms with Gasteiger partial charge in [0, 0.05) is 7.05 Å². The number of nitrogens with zero attached hydrogens (tertiary/aromatic N) is 4. The average molecular weight is 442 g/mol. The number of anilines is 1. The van der Waals surface area contributed by atoms with Crippen LogP contribution in [0.3, 0.4) is 0 Å². The molecule has 3 N–H and O–H groups in total. The van der Waals surface area contributed by atoms with Gasteiger partial charge < -0.3 is 15.8 Å². The predicted molar refractivity (Wildman–Crippen MR) is 88.5 cm³/mol. The number of nitrogens with two attached hydrogens (primary N) is 1. The van der Waals surface area contributed by atoms with Crippen molar-refractivity contribution in [3.8, 4) is 5.75 Å². The summed E-state index contributed by atoms with van der Waals surface area (Å²) in [6.45, 7) is 0.185. The van der Waals surface area contributed by atoms with E-state index in [1.807, 2.05) is 0 Å². The van der Waals surface area contributed by atoms with Crippen LogP contribution in [0.25, 0.3) is 0 Å². The third-order valence-electron chi connectivity index (χ3n) is 2.60. The molecule has 126 valence electrons. The van der Waals surface area contributed by atoms with Gasteiger partial charge in [-0.15, -0.1) is 42.2 Å². The Labute approximate surface area is 146 Å². The lowest BCUT2D eigenvalue weighted by molar-refractivity contribution is -0.274. The van der Waals surface area contributed by atoms with Crippen molar-refractivity contribution in [2.24, 2.45) is 17.8 Å². The highest BCUT2D eigenvalue weighted by Gasteiger charge is 2.32. The van der Waals surface area contributed by atoms with Crippen molar-refractivity contribution >= 4 is 35.6 Å². The molecule has 0 fully saturated rings. The maximum atomic E-state index is 12.3. The van der Waals surface area contributed by atoms with Crippen molar-refractivity contribution in [2.75, 3.05) is 5.32 Å². The summed E-state index contributed by atoms with van der Waals surface area (Å²) in [5, 5.41) is 9.97. The van der Waals surface area contributed by atoms with Crippen LogP contribution in [0.4, 0.5) is 18.9 Å². The van der Waals surface area contributed by atoms with Crippen molar-refractivity contribution in [3.05, 3.63) is 36.2 Å². The van der Waals surface area contributed by atoms with Crippen LogP contribution in [0.2, 0.25) is 0 Å². The Kier molecular flexibility index (Phi) is 6.60. The average Bonchev–Trinajstić information content (AvgIpc) is 2.83. The van der Waals surface area contributed by atoms with E-state index in [1.54, 1.807) is 13.1 Å². The lowest BCUT2D eigenvalue weighted by atomic mass is 10.3. The first kappa shape index (κ1) is 19.0. The Balaban J connectivity index is 0.00000264. The molecule has 23 heavy (non-hydrogen) atoms. The molecule has 0 radical (unpaired) electrons. The number of rotatable bonds is 4. The molecule has 0 aliphatic rings. The lowest BCUT2D eigenvalue weighted by Crippen LogP contribution is -2.24. The number of nitrogens with one attached hydrogen (secondary N) is 1. The van der Waals surface area contributed by atoms with Gasteiger partial charge in [-0.3, -0.25) is 4.68 Å². The Morgan fingerprint density at radius 1 is 1.39 bits per heavy atom. The number of hydrogen-bond acceptors (Lipinski definition) is 4. The number of aromatic nitrogens is 3. The van der Waals surface area contributed by atoms with E-state index in [9.17, 15) is 13.2 Å². The van der Waals surface area contributed by atoms with E-state index in [-0.39, 0.29) is 42.2 Å². The summed E-state index contributed by atoms with van der Waals surface area (Å²) < 4.78 is 42.3. The zero-order chi connectivity index (χ0) is 16.2. The number of para-hydroxylation sites is 2. The van der Waals surface area contributed by atoms with Crippen LogP contribution < -0.4 is 15.8 Å². The highest BCUT2D eigenvalue weighted by Crippen LogP contribution is 2.29. The van der Waals surface area contributed by atoms with Crippen LogP contribution in [0.5, 0.6) is 5.75 Å². The Morgan fingerprint density at radius 2 is 2.09 bits per heavy atom. The van der Waals surface area contributed by atoms with Gasteiger partial charge in [0.1, 0.15) is 0 Å². The minimum absolute atomic E-state index is 0. The SMILES string of the molecule is Cn1nncc1CN=C(N)Nc1ccccc1OC(F)(F)F.I. The molecule has 7 nitrogen and oxygen atoms in total. The van der Waals surface area contributed by atoms with E-state index < -0.39 is 12.1 Å². The van der Waals surface area contributed by atoms with E-state index in [2.05, 4.69) is 25.4 Å². The molecule has 1 aromatic heterocycles. The molecule has 0 spiro atoms. The van der Waals surface area contributed by atoms with Gasteiger partial charge in [0.2, 0.25) is 0 Å². The molecule has 0 saturated heterocycles. The molecular weight excluding hydrogens is 428 g/mol. The Morgan fingerprint density at radius 3 is 2.70 bits per heavy atom. The van der Waals surface area contributed by atoms with Crippen molar-refractivity contribution in [2.45, 2.75) is 12.9 Å². The molecule has 0 aliphatic carbocycles. The third-order valence-corrected chi connectivity index (χ3v) is 2.60. The van der Waals surface area contributed by atoms with Crippen molar-refractivity contribution in [1.82, 2.24) is 15.0 Å². The molecule has 2 aromatic rings. The van der Waals surface area contributed by atoms with Crippen LogP contribution >= 0.6 is 24.0 Å². The van der Waals surface area contributed by atoms with Crippen LogP contribution in [0, 0.1) is 0 Å². The van der Waals surface area contributed by atoms with Gasteiger partial charge in [0.15, 0.2) is 11.7 Å². The summed E-state index contributed by atoms with van der Waals surface area (Å²) in [4.78, 5) is 4.01. The third kappa shape index (κ3) is 5.92. The smallest absolute Gasteiger partial charge is 0.404 e. The molecule has 0 bridgehead atoms. The Hall–Kier alpha value is -2.05. The summed E-state index contributed by atoms with van der Waals surface area (Å²) in [6, 6.07) is 5.54. The van der Waals surface area contributed by atoms with Gasteiger partial charge in [-0.1, -0.05) is 17.3 Å². The fourth-order valence-corrected chi connectivity index (χ4v) is 1.58. The van der Waals surface area contributed by atoms with Gasteiger partial charge in [-0.25, -0.2) is 4.99 Å². The number of aliphatic imine (C=N–C) groups is 1. The number of hydrogen-bond donors (Lipinski definition) is 2. The van der Waals surface area contributed by atoms with E-state index in [0.717, 1.165) is 0 Å². The van der Waals surface area contributed by atoms with Gasteiger partial charge in [0.25, 0.3) is 0 Å². The standard InChI is InChI=1S/C12H13F3N6O.HI/c1-21-8(7-18-20-21)6-17-11(16)19-9-4-2-3-5-10(9)22-12(13,14)15;/h2-5,7H,6H2,1H3,(H3,16,17,19);1H. The first-order valence-electron chi connectivity index (χ1n) is 6.10. The van der Waals surface area contributed by atoms with Gasteiger partial charge in [-0.2, -0.15) is 0 Å². The van der Waals surface area contributed by atoms with Crippen LogP contribution in [0.15, 0.2) is 35.5 Å². The Bertz CT molecular complexity index is 673. The summed E-state index contributed by atoms with van der Waals surface area (Å²) >= 11 is 0. The second-order valence-electron chi connectivity index (χ2n) is 4.22. The predicted octanol–water partition coefficient (Wildman–Crippen LogP) is 2.26. The summed E-state index contributed by atoms with van der Waals surface area (Å²) in [5.74, 6) is -0.449. The molecule has 11 heteroatoms. The second kappa shape index (κ2) is 7.99. The number of alkyl halides is 3. The zero-order valence-corrected chi connectivity index (χ0v) is 14.2. The summed E-state index contributed by atoms with van der Waals surface area (Å²) in [6.07, 6.45) is -3.28. The minimum Gasteiger partial charge on any atom is -0.404 e. The molecule has 0 saturated carbocycles. The highest BCUT2D eigenvalue weighted by atomic mass is 127. The van der Waals surface area contributed by atoms with E-state index in [1.165, 1.54) is 29.1 Å². The minimum atomic E-state index is -4.79. The van der Waals surface area contributed by atoms with Crippen molar-refractivity contribution < 1.29 is 17.9 Å². The van der Waals surface area contributed by atoms with Crippen molar-refractivity contribution in [1.29, 1.82) is 0 Å². The number of aryl methyl sites for hydroxylation is 1. The monoisotopic (exact) mass is 442 g/mol. The summed E-state index contributed by atoms with van der Waals surface area (Å²) in [5.41, 5.74) is 6.42. The van der Waals surface area contributed by atoms with Crippen LogP contribution in [-0.2, 0) is 13.6 Å². The highest BCUT2D eigenvalue weighted by molar-refractivity contribution is 14.0. The molecule has 0 aliphatic heterocycles. The fourth-order valence-electron chi connectivity index (χ4n) is 1.58. The second-order valence-corrected chi connectivity index (χ2v) is 4.22. The fraction of sp³-hybridized carbons (Fsp3) is 0.250. The molecule has 0 amide bonds. The first-order chi connectivity index (χ1) is 10.3. The van der Waals surface area contributed by atoms with E-state index >= 15 is 0 Å². The summed E-state index contributed by atoms with van der Waals surface area (Å²) in [7, 11) is 1.69. The number of halogens is 4. The molecule has 0 atom stereocenters.